The highest BCUT2D eigenvalue weighted by molar-refractivity contribution is 6.30. The van der Waals surface area contributed by atoms with Gasteiger partial charge >= 0.3 is 0 Å². The molecule has 8 nitrogen and oxygen atoms in total. The summed E-state index contributed by atoms with van der Waals surface area (Å²) in [6, 6.07) is 8.22. The number of hydrogen-bond acceptors (Lipinski definition) is 6. The van der Waals surface area contributed by atoms with E-state index in [0.29, 0.717) is 28.9 Å². The molecule has 1 fully saturated rings. The van der Waals surface area contributed by atoms with Crippen LogP contribution < -0.4 is 10.6 Å². The van der Waals surface area contributed by atoms with Crippen LogP contribution in [0.25, 0.3) is 5.82 Å². The van der Waals surface area contributed by atoms with Crippen LogP contribution >= 0.6 is 11.6 Å². The molecule has 3 N–H and O–H groups in total. The monoisotopic (exact) mass is 455 g/mol. The minimum Gasteiger partial charge on any atom is -0.394 e. The van der Waals surface area contributed by atoms with Crippen LogP contribution in [0.5, 0.6) is 0 Å². The SMILES string of the molecule is Cc1cnc(NCC2CCCO2)nc1-n1ccc(C(=O)NC(CO)c2cccc(Cl)c2)c1. The van der Waals surface area contributed by atoms with Crippen LogP contribution in [-0.4, -0.2) is 51.4 Å². The Morgan fingerprint density at radius 3 is 3.03 bits per heavy atom. The van der Waals surface area contributed by atoms with Crippen molar-refractivity contribution in [3.05, 3.63) is 70.6 Å². The van der Waals surface area contributed by atoms with Gasteiger partial charge in [-0.2, -0.15) is 4.98 Å². The first-order valence-electron chi connectivity index (χ1n) is 10.6. The number of rotatable bonds is 8. The van der Waals surface area contributed by atoms with Gasteiger partial charge in [0.2, 0.25) is 5.95 Å². The minimum atomic E-state index is -0.557. The van der Waals surface area contributed by atoms with Gasteiger partial charge in [0, 0.05) is 42.3 Å². The summed E-state index contributed by atoms with van der Waals surface area (Å²) in [5.74, 6) is 0.899. The number of amides is 1. The van der Waals surface area contributed by atoms with Crippen LogP contribution in [0.1, 0.15) is 40.4 Å². The number of hydrogen-bond donors (Lipinski definition) is 3. The normalized spacial score (nSPS) is 16.7. The average molecular weight is 456 g/mol. The topological polar surface area (TPSA) is 101 Å². The summed E-state index contributed by atoms with van der Waals surface area (Å²) in [7, 11) is 0. The molecule has 2 atom stereocenters. The first-order chi connectivity index (χ1) is 15.5. The van der Waals surface area contributed by atoms with Crippen molar-refractivity contribution in [2.24, 2.45) is 0 Å². The first kappa shape index (κ1) is 22.3. The maximum Gasteiger partial charge on any atom is 0.253 e. The molecule has 3 heterocycles. The van der Waals surface area contributed by atoms with Crippen LogP contribution in [-0.2, 0) is 4.74 Å². The molecule has 0 spiro atoms. The molecule has 0 saturated carbocycles. The Morgan fingerprint density at radius 2 is 2.28 bits per heavy atom. The first-order valence-corrected chi connectivity index (χ1v) is 11.0. The van der Waals surface area contributed by atoms with Crippen LogP contribution in [0.2, 0.25) is 5.02 Å². The van der Waals surface area contributed by atoms with Gasteiger partial charge in [0.15, 0.2) is 0 Å². The molecule has 32 heavy (non-hydrogen) atoms. The smallest absolute Gasteiger partial charge is 0.253 e. The van der Waals surface area contributed by atoms with Crippen molar-refractivity contribution in [1.82, 2.24) is 19.9 Å². The molecule has 1 amide bonds. The summed E-state index contributed by atoms with van der Waals surface area (Å²) in [5.41, 5.74) is 2.07. The zero-order valence-corrected chi connectivity index (χ0v) is 18.5. The third-order valence-corrected chi connectivity index (χ3v) is 5.63. The van der Waals surface area contributed by atoms with Crippen molar-refractivity contribution in [2.45, 2.75) is 31.9 Å². The lowest BCUT2D eigenvalue weighted by Gasteiger charge is -2.16. The van der Waals surface area contributed by atoms with Crippen LogP contribution in [0, 0.1) is 6.92 Å². The number of aryl methyl sites for hydroxylation is 1. The van der Waals surface area contributed by atoms with Crippen molar-refractivity contribution in [3.63, 3.8) is 0 Å². The zero-order valence-electron chi connectivity index (χ0n) is 17.8. The highest BCUT2D eigenvalue weighted by atomic mass is 35.5. The molecule has 1 saturated heterocycles. The molecule has 1 aliphatic heterocycles. The van der Waals surface area contributed by atoms with E-state index in [2.05, 4.69) is 20.6 Å². The van der Waals surface area contributed by atoms with E-state index in [9.17, 15) is 9.90 Å². The number of carbonyl (C=O) groups is 1. The number of aliphatic hydroxyl groups is 1. The van der Waals surface area contributed by atoms with Crippen molar-refractivity contribution >= 4 is 23.5 Å². The fourth-order valence-electron chi connectivity index (χ4n) is 3.65. The summed E-state index contributed by atoms with van der Waals surface area (Å²) in [6.45, 7) is 3.14. The van der Waals surface area contributed by atoms with Gasteiger partial charge in [0.25, 0.3) is 5.91 Å². The van der Waals surface area contributed by atoms with E-state index in [4.69, 9.17) is 16.3 Å². The molecule has 9 heteroatoms. The number of nitrogens with one attached hydrogen (secondary N) is 2. The molecule has 2 aromatic heterocycles. The van der Waals surface area contributed by atoms with Gasteiger partial charge in [0.1, 0.15) is 5.82 Å². The Hall–Kier alpha value is -2.94. The van der Waals surface area contributed by atoms with Gasteiger partial charge in [-0.15, -0.1) is 0 Å². The second kappa shape index (κ2) is 10.1. The summed E-state index contributed by atoms with van der Waals surface area (Å²) in [5, 5.41) is 16.4. The largest absolute Gasteiger partial charge is 0.394 e. The third-order valence-electron chi connectivity index (χ3n) is 5.40. The molecule has 4 rings (SSSR count). The number of aliphatic hydroxyl groups excluding tert-OH is 1. The molecule has 0 radical (unpaired) electrons. The maximum absolute atomic E-state index is 12.8. The molecule has 3 aromatic rings. The molecule has 1 aromatic carbocycles. The van der Waals surface area contributed by atoms with Gasteiger partial charge in [-0.25, -0.2) is 4.98 Å². The van der Waals surface area contributed by atoms with Crippen molar-refractivity contribution in [3.8, 4) is 5.82 Å². The van der Waals surface area contributed by atoms with Crippen molar-refractivity contribution in [2.75, 3.05) is 25.1 Å². The number of nitrogens with zero attached hydrogens (tertiary/aromatic N) is 3. The standard InChI is InChI=1S/C23H26ClN5O3/c1-15-11-25-23(26-12-19-6-3-9-32-19)28-21(15)29-8-7-17(13-29)22(31)27-20(14-30)16-4-2-5-18(24)10-16/h2,4-5,7-8,10-11,13,19-20,30H,3,6,9,12,14H2,1H3,(H,27,31)(H,25,26,28). The molecule has 168 valence electrons. The Labute approximate surface area is 191 Å². The number of carbonyl (C=O) groups excluding carboxylic acids is 1. The van der Waals surface area contributed by atoms with Crippen LogP contribution in [0.4, 0.5) is 5.95 Å². The highest BCUT2D eigenvalue weighted by Gasteiger charge is 2.18. The fourth-order valence-corrected chi connectivity index (χ4v) is 3.85. The zero-order chi connectivity index (χ0) is 22.5. The van der Waals surface area contributed by atoms with Crippen molar-refractivity contribution in [1.29, 1.82) is 0 Å². The van der Waals surface area contributed by atoms with Gasteiger partial charge in [0.05, 0.1) is 24.3 Å². The van der Waals surface area contributed by atoms with E-state index in [1.807, 2.05) is 13.0 Å². The summed E-state index contributed by atoms with van der Waals surface area (Å²) in [4.78, 5) is 21.7. The minimum absolute atomic E-state index is 0.184. The third kappa shape index (κ3) is 5.27. The average Bonchev–Trinajstić information content (AvgIpc) is 3.49. The summed E-state index contributed by atoms with van der Waals surface area (Å²) < 4.78 is 7.42. The Kier molecular flexibility index (Phi) is 7.04. The number of benzene rings is 1. The Morgan fingerprint density at radius 1 is 1.41 bits per heavy atom. The van der Waals surface area contributed by atoms with Crippen LogP contribution in [0.15, 0.2) is 48.9 Å². The maximum atomic E-state index is 12.8. The van der Waals surface area contributed by atoms with Gasteiger partial charge in [-0.1, -0.05) is 23.7 Å². The molecule has 1 aliphatic rings. The predicted molar refractivity (Wildman–Crippen MR) is 122 cm³/mol. The lowest BCUT2D eigenvalue weighted by molar-refractivity contribution is 0.0916. The lowest BCUT2D eigenvalue weighted by Crippen LogP contribution is -2.30. The predicted octanol–water partition coefficient (Wildman–Crippen LogP) is 3.28. The number of anilines is 1. The quantitative estimate of drug-likeness (QED) is 0.482. The van der Waals surface area contributed by atoms with Crippen LogP contribution in [0.3, 0.4) is 0 Å². The lowest BCUT2D eigenvalue weighted by atomic mass is 10.1. The van der Waals surface area contributed by atoms with E-state index >= 15 is 0 Å². The molecule has 2 unspecified atom stereocenters. The van der Waals surface area contributed by atoms with E-state index in [0.717, 1.165) is 30.6 Å². The second-order valence-electron chi connectivity index (χ2n) is 7.79. The summed E-state index contributed by atoms with van der Waals surface area (Å²) in [6.07, 6.45) is 7.54. The van der Waals surface area contributed by atoms with Gasteiger partial charge in [-0.3, -0.25) is 4.79 Å². The van der Waals surface area contributed by atoms with E-state index in [-0.39, 0.29) is 18.6 Å². The van der Waals surface area contributed by atoms with Gasteiger partial charge in [-0.05, 0) is 43.5 Å². The van der Waals surface area contributed by atoms with E-state index in [1.54, 1.807) is 47.4 Å². The molecular weight excluding hydrogens is 430 g/mol. The van der Waals surface area contributed by atoms with E-state index < -0.39 is 6.04 Å². The van der Waals surface area contributed by atoms with Crippen molar-refractivity contribution < 1.29 is 14.6 Å². The fraction of sp³-hybridized carbons (Fsp3) is 0.348. The van der Waals surface area contributed by atoms with E-state index in [1.165, 1.54) is 0 Å². The molecule has 0 bridgehead atoms. The van der Waals surface area contributed by atoms with Gasteiger partial charge < -0.3 is 25.0 Å². The number of halogens is 1. The highest BCUT2D eigenvalue weighted by Crippen LogP contribution is 2.19. The molecular formula is C23H26ClN5O3. The summed E-state index contributed by atoms with van der Waals surface area (Å²) >= 11 is 6.04. The number of ether oxygens (including phenoxy) is 1. The molecule has 0 aliphatic carbocycles. The Bertz CT molecular complexity index is 1080. The second-order valence-corrected chi connectivity index (χ2v) is 8.22. The number of aromatic nitrogens is 3. The Balaban J connectivity index is 1.46.